The van der Waals surface area contributed by atoms with Gasteiger partial charge in [0.1, 0.15) is 5.69 Å². The molecule has 31 heavy (non-hydrogen) atoms. The van der Waals surface area contributed by atoms with Gasteiger partial charge < -0.3 is 9.47 Å². The number of ether oxygens (including phenoxy) is 2. The van der Waals surface area contributed by atoms with Gasteiger partial charge in [0.2, 0.25) is 6.79 Å². The number of rotatable bonds is 7. The lowest BCUT2D eigenvalue weighted by Crippen LogP contribution is -2.11. The predicted molar refractivity (Wildman–Crippen MR) is 130 cm³/mol. The first-order valence-corrected chi connectivity index (χ1v) is 11.3. The molecule has 0 N–H and O–H groups in total. The normalized spacial score (nSPS) is 12.8. The molecule has 0 amide bonds. The summed E-state index contributed by atoms with van der Waals surface area (Å²) in [5.41, 5.74) is 5.79. The number of aliphatic imine (C=N–C) groups is 1. The highest BCUT2D eigenvalue weighted by molar-refractivity contribution is 8.13. The molecule has 0 aliphatic carbocycles. The van der Waals surface area contributed by atoms with Gasteiger partial charge in [-0.1, -0.05) is 52.0 Å². The molecule has 0 bridgehead atoms. The number of hydrogen-bond acceptors (Lipinski definition) is 6. The van der Waals surface area contributed by atoms with E-state index in [4.69, 9.17) is 9.47 Å². The van der Waals surface area contributed by atoms with E-state index in [9.17, 15) is 4.79 Å². The fourth-order valence-electron chi connectivity index (χ4n) is 3.19. The van der Waals surface area contributed by atoms with E-state index in [0.717, 1.165) is 39.8 Å². The van der Waals surface area contributed by atoms with Gasteiger partial charge >= 0.3 is 5.30 Å². The molecular weight excluding hydrogens is 410 g/mol. The largest absolute Gasteiger partial charge is 0.454 e. The highest BCUT2D eigenvalue weighted by Gasteiger charge is 2.21. The van der Waals surface area contributed by atoms with E-state index in [-0.39, 0.29) is 17.5 Å². The Kier molecular flexibility index (Phi) is 8.51. The number of aromatic nitrogens is 2. The Bertz CT molecular complexity index is 967. The third kappa shape index (κ3) is 6.23. The fourth-order valence-corrected chi connectivity index (χ4v) is 3.56. The highest BCUT2D eigenvalue weighted by atomic mass is 32.2. The summed E-state index contributed by atoms with van der Waals surface area (Å²) in [4.78, 5) is 16.1. The summed E-state index contributed by atoms with van der Waals surface area (Å²) in [6.07, 6.45) is 1.77. The smallest absolute Gasteiger partial charge is 0.370 e. The second-order valence-corrected chi connectivity index (χ2v) is 9.43. The number of carbonyl (C=O) groups is 1. The van der Waals surface area contributed by atoms with Crippen molar-refractivity contribution in [2.75, 3.05) is 19.6 Å². The van der Waals surface area contributed by atoms with Crippen LogP contribution in [-0.2, 0) is 21.9 Å². The molecule has 0 saturated heterocycles. The molecule has 0 atom stereocenters. The quantitative estimate of drug-likeness (QED) is 0.235. The molecule has 0 aliphatic rings. The predicted octanol–water partition coefficient (Wildman–Crippen LogP) is 5.77. The zero-order valence-electron chi connectivity index (χ0n) is 19.8. The summed E-state index contributed by atoms with van der Waals surface area (Å²) >= 11 is 1.11. The number of carbonyl (C=O) groups excluding carboxylic acids is 1. The molecule has 168 valence electrons. The maximum absolute atomic E-state index is 11.8. The molecule has 7 heteroatoms. The lowest BCUT2D eigenvalue weighted by molar-refractivity contribution is 0.0588. The molecule has 2 rings (SSSR count). The van der Waals surface area contributed by atoms with E-state index < -0.39 is 0 Å². The molecule has 6 nitrogen and oxygen atoms in total. The monoisotopic (exact) mass is 443 g/mol. The lowest BCUT2D eigenvalue weighted by Gasteiger charge is -2.20. The number of hydrogen-bond donors (Lipinski definition) is 0. The first kappa shape index (κ1) is 24.7. The van der Waals surface area contributed by atoms with Crippen molar-refractivity contribution in [3.63, 3.8) is 0 Å². The van der Waals surface area contributed by atoms with Crippen LogP contribution in [0.25, 0.3) is 11.3 Å². The van der Waals surface area contributed by atoms with Crippen LogP contribution in [0.2, 0.25) is 0 Å². The van der Waals surface area contributed by atoms with Crippen LogP contribution in [0.4, 0.5) is 4.79 Å². The summed E-state index contributed by atoms with van der Waals surface area (Å²) in [5.74, 6) is 1.22. The van der Waals surface area contributed by atoms with E-state index in [2.05, 4.69) is 55.1 Å². The van der Waals surface area contributed by atoms with Gasteiger partial charge in [0.25, 0.3) is 0 Å². The van der Waals surface area contributed by atoms with E-state index in [0.29, 0.717) is 11.5 Å². The van der Waals surface area contributed by atoms with Crippen LogP contribution in [0.15, 0.2) is 29.3 Å². The summed E-state index contributed by atoms with van der Waals surface area (Å²) in [6.45, 7) is 12.2. The minimum atomic E-state index is -0.361. The molecule has 2 aromatic rings. The molecule has 0 radical (unpaired) electrons. The molecule has 0 saturated carbocycles. The van der Waals surface area contributed by atoms with Crippen molar-refractivity contribution < 1.29 is 14.3 Å². The van der Waals surface area contributed by atoms with Crippen LogP contribution in [0.3, 0.4) is 0 Å². The van der Waals surface area contributed by atoms with Crippen molar-refractivity contribution in [1.82, 2.24) is 9.78 Å². The topological polar surface area (TPSA) is 65.7 Å². The average molecular weight is 444 g/mol. The van der Waals surface area contributed by atoms with Crippen LogP contribution in [0.1, 0.15) is 55.8 Å². The van der Waals surface area contributed by atoms with Crippen molar-refractivity contribution in [2.24, 2.45) is 12.0 Å². The van der Waals surface area contributed by atoms with Crippen LogP contribution in [0, 0.1) is 13.8 Å². The zero-order valence-corrected chi connectivity index (χ0v) is 20.6. The molecule has 0 unspecified atom stereocenters. The number of nitrogens with zero attached hydrogens (tertiary/aromatic N) is 3. The fraction of sp³-hybridized carbons (Fsp3) is 0.458. The Morgan fingerprint density at radius 2 is 1.84 bits per heavy atom. The van der Waals surface area contributed by atoms with Crippen LogP contribution in [-0.4, -0.2) is 40.9 Å². The average Bonchev–Trinajstić information content (AvgIpc) is 2.95. The van der Waals surface area contributed by atoms with E-state index in [1.165, 1.54) is 5.56 Å². The minimum Gasteiger partial charge on any atom is -0.454 e. The van der Waals surface area contributed by atoms with E-state index in [1.54, 1.807) is 17.9 Å². The first-order valence-electron chi connectivity index (χ1n) is 10.3. The SMILES string of the molecule is CCSC(=O)OCO/C(=C(/C=N\C)c1ccc(C(C)(C)C)cc1)c1c(C)c(C)nn1C. The minimum absolute atomic E-state index is 0.0570. The van der Waals surface area contributed by atoms with Crippen LogP contribution in [0.5, 0.6) is 0 Å². The Balaban J connectivity index is 2.58. The third-order valence-electron chi connectivity index (χ3n) is 4.94. The number of aryl methyl sites for hydroxylation is 2. The van der Waals surface area contributed by atoms with Gasteiger partial charge in [0, 0.05) is 37.2 Å². The van der Waals surface area contributed by atoms with E-state index in [1.807, 2.05) is 27.8 Å². The number of allylic oxidation sites excluding steroid dienone is 1. The van der Waals surface area contributed by atoms with Crippen LogP contribution >= 0.6 is 11.8 Å². The highest BCUT2D eigenvalue weighted by Crippen LogP contribution is 2.31. The Morgan fingerprint density at radius 3 is 2.32 bits per heavy atom. The number of benzene rings is 1. The maximum Gasteiger partial charge on any atom is 0.370 e. The van der Waals surface area contributed by atoms with Gasteiger partial charge in [-0.05, 0) is 42.2 Å². The Morgan fingerprint density at radius 1 is 1.19 bits per heavy atom. The van der Waals surface area contributed by atoms with Gasteiger partial charge in [-0.2, -0.15) is 5.10 Å². The zero-order chi connectivity index (χ0) is 23.2. The standard InChI is InChI=1S/C24H33N3O3S/c1-9-31-23(28)30-15-29-22(21-16(2)17(3)26-27(21)8)20(14-25-7)18-10-12-19(13-11-18)24(4,5)6/h10-14H,9,15H2,1-8H3/b22-20-,25-14-. The number of thioether (sulfide) groups is 1. The molecule has 1 aromatic heterocycles. The van der Waals surface area contributed by atoms with E-state index >= 15 is 0 Å². The lowest BCUT2D eigenvalue weighted by atomic mass is 9.86. The molecule has 0 fully saturated rings. The van der Waals surface area contributed by atoms with Gasteiger partial charge in [0.15, 0.2) is 5.76 Å². The Hall–Kier alpha value is -2.54. The molecule has 0 aliphatic heterocycles. The molecule has 1 heterocycles. The van der Waals surface area contributed by atoms with Crippen molar-refractivity contribution in [3.05, 3.63) is 52.3 Å². The second kappa shape index (κ2) is 10.7. The summed E-state index contributed by atoms with van der Waals surface area (Å²) in [5, 5.41) is 4.17. The van der Waals surface area contributed by atoms with Gasteiger partial charge in [-0.3, -0.25) is 9.67 Å². The second-order valence-electron chi connectivity index (χ2n) is 8.23. The molecular formula is C24H33N3O3S. The van der Waals surface area contributed by atoms with Gasteiger partial charge in [0.05, 0.1) is 5.69 Å². The summed E-state index contributed by atoms with van der Waals surface area (Å²) < 4.78 is 13.1. The van der Waals surface area contributed by atoms with Gasteiger partial charge in [-0.25, -0.2) is 4.79 Å². The van der Waals surface area contributed by atoms with Crippen molar-refractivity contribution in [1.29, 1.82) is 0 Å². The third-order valence-corrected chi connectivity index (χ3v) is 5.59. The first-order chi connectivity index (χ1) is 14.6. The summed E-state index contributed by atoms with van der Waals surface area (Å²) in [6, 6.07) is 8.38. The summed E-state index contributed by atoms with van der Waals surface area (Å²) in [7, 11) is 3.60. The molecule has 1 aromatic carbocycles. The van der Waals surface area contributed by atoms with Gasteiger partial charge in [-0.15, -0.1) is 0 Å². The maximum atomic E-state index is 11.8. The Labute approximate surface area is 189 Å². The van der Waals surface area contributed by atoms with Crippen molar-refractivity contribution >= 4 is 34.6 Å². The molecule has 0 spiro atoms. The van der Waals surface area contributed by atoms with Crippen molar-refractivity contribution in [2.45, 2.75) is 47.0 Å². The van der Waals surface area contributed by atoms with Crippen molar-refractivity contribution in [3.8, 4) is 0 Å². The van der Waals surface area contributed by atoms with Crippen LogP contribution < -0.4 is 0 Å².